The number of nitrogens with one attached hydrogen (secondary N) is 1. The Hall–Kier alpha value is -3.63. The zero-order chi connectivity index (χ0) is 23.7. The summed E-state index contributed by atoms with van der Waals surface area (Å²) < 4.78 is 17.3. The third-order valence-electron chi connectivity index (χ3n) is 5.93. The van der Waals surface area contributed by atoms with Crippen molar-refractivity contribution >= 4 is 29.7 Å². The molecule has 11 nitrogen and oxygen atoms in total. The van der Waals surface area contributed by atoms with Crippen LogP contribution in [-0.4, -0.2) is 76.5 Å². The third kappa shape index (κ3) is 3.47. The van der Waals surface area contributed by atoms with Gasteiger partial charge in [0.2, 0.25) is 11.8 Å². The van der Waals surface area contributed by atoms with Gasteiger partial charge in [-0.1, -0.05) is 0 Å². The minimum Gasteiger partial charge on any atom is -0.485 e. The monoisotopic (exact) mass is 457 g/mol. The second-order valence-electron chi connectivity index (χ2n) is 9.70. The van der Waals surface area contributed by atoms with E-state index in [2.05, 4.69) is 5.32 Å². The van der Waals surface area contributed by atoms with Gasteiger partial charge in [-0.15, -0.1) is 0 Å². The van der Waals surface area contributed by atoms with Crippen LogP contribution in [0, 0.1) is 0 Å². The van der Waals surface area contributed by atoms with Gasteiger partial charge in [0.05, 0.1) is 24.2 Å². The lowest BCUT2D eigenvalue weighted by Gasteiger charge is -2.50. The maximum atomic E-state index is 13.0. The van der Waals surface area contributed by atoms with Gasteiger partial charge in [-0.2, -0.15) is 0 Å². The number of piperidine rings is 1. The molecular formula is C22H23N3O8. The number of ether oxygens (including phenoxy) is 3. The van der Waals surface area contributed by atoms with Gasteiger partial charge < -0.3 is 14.2 Å². The molecule has 33 heavy (non-hydrogen) atoms. The molecule has 0 bridgehead atoms. The molecule has 0 saturated carbocycles. The molecule has 0 aliphatic carbocycles. The van der Waals surface area contributed by atoms with E-state index < -0.39 is 47.0 Å². The number of amides is 5. The van der Waals surface area contributed by atoms with Gasteiger partial charge in [0.1, 0.15) is 18.2 Å². The largest absolute Gasteiger partial charge is 0.485 e. The van der Waals surface area contributed by atoms with E-state index in [0.717, 1.165) is 4.90 Å². The van der Waals surface area contributed by atoms with Crippen molar-refractivity contribution in [1.82, 2.24) is 15.1 Å². The van der Waals surface area contributed by atoms with Crippen molar-refractivity contribution in [2.45, 2.75) is 50.9 Å². The fourth-order valence-corrected chi connectivity index (χ4v) is 4.40. The summed E-state index contributed by atoms with van der Waals surface area (Å²) in [5.74, 6) is -1.75. The van der Waals surface area contributed by atoms with Crippen LogP contribution >= 0.6 is 0 Å². The van der Waals surface area contributed by atoms with E-state index in [0.29, 0.717) is 5.75 Å². The summed E-state index contributed by atoms with van der Waals surface area (Å²) in [6, 6.07) is 1.83. The van der Waals surface area contributed by atoms with E-state index in [1.54, 1.807) is 20.8 Å². The van der Waals surface area contributed by atoms with Gasteiger partial charge in [-0.25, -0.2) is 4.79 Å². The molecule has 1 spiro atoms. The minimum atomic E-state index is -1.05. The summed E-state index contributed by atoms with van der Waals surface area (Å²) in [6.45, 7) is 6.04. The highest BCUT2D eigenvalue weighted by Crippen LogP contribution is 2.43. The van der Waals surface area contributed by atoms with E-state index in [4.69, 9.17) is 14.2 Å². The summed E-state index contributed by atoms with van der Waals surface area (Å²) in [7, 11) is 0. The predicted molar refractivity (Wildman–Crippen MR) is 110 cm³/mol. The molecule has 4 heterocycles. The number of imide groups is 2. The van der Waals surface area contributed by atoms with Gasteiger partial charge in [0, 0.05) is 6.42 Å². The highest BCUT2D eigenvalue weighted by atomic mass is 16.6. The Morgan fingerprint density at radius 3 is 2.33 bits per heavy atom. The SMILES string of the molecule is CC(C)(C)OC(=O)N1CC2(COc3cc4c(cc3O2)C(=O)N(C2CCC(=O)NC2=O)C4=O)C1. The molecule has 5 rings (SSSR count). The molecule has 0 radical (unpaired) electrons. The Bertz CT molecular complexity index is 1120. The maximum absolute atomic E-state index is 13.0. The molecule has 174 valence electrons. The van der Waals surface area contributed by atoms with Crippen molar-refractivity contribution in [2.24, 2.45) is 0 Å². The van der Waals surface area contributed by atoms with Crippen molar-refractivity contribution in [3.63, 3.8) is 0 Å². The van der Waals surface area contributed by atoms with Crippen LogP contribution in [0.1, 0.15) is 54.3 Å². The summed E-state index contributed by atoms with van der Waals surface area (Å²) >= 11 is 0. The summed E-state index contributed by atoms with van der Waals surface area (Å²) in [6.07, 6.45) is -0.326. The Morgan fingerprint density at radius 2 is 1.73 bits per heavy atom. The maximum Gasteiger partial charge on any atom is 0.410 e. The molecular weight excluding hydrogens is 434 g/mol. The first-order chi connectivity index (χ1) is 15.5. The molecule has 4 aliphatic heterocycles. The van der Waals surface area contributed by atoms with Crippen LogP contribution in [0.5, 0.6) is 11.5 Å². The zero-order valence-electron chi connectivity index (χ0n) is 18.4. The first kappa shape index (κ1) is 21.2. The number of benzene rings is 1. The van der Waals surface area contributed by atoms with Crippen molar-refractivity contribution < 1.29 is 38.2 Å². The first-order valence-corrected chi connectivity index (χ1v) is 10.7. The Balaban J connectivity index is 1.34. The molecule has 2 fully saturated rings. The minimum absolute atomic E-state index is 0.0448. The van der Waals surface area contributed by atoms with Crippen LogP contribution in [0.15, 0.2) is 12.1 Å². The quantitative estimate of drug-likeness (QED) is 0.614. The number of rotatable bonds is 1. The highest BCUT2D eigenvalue weighted by molar-refractivity contribution is 6.23. The molecule has 4 aliphatic rings. The van der Waals surface area contributed by atoms with Crippen LogP contribution in [0.4, 0.5) is 4.79 Å². The molecule has 0 aromatic heterocycles. The summed E-state index contributed by atoms with van der Waals surface area (Å²) in [5.41, 5.74) is -1.16. The second kappa shape index (κ2) is 6.93. The van der Waals surface area contributed by atoms with Crippen LogP contribution in [0.25, 0.3) is 0 Å². The van der Waals surface area contributed by atoms with E-state index in [-0.39, 0.29) is 49.4 Å². The molecule has 1 aromatic rings. The molecule has 1 N–H and O–H groups in total. The average molecular weight is 457 g/mol. The molecule has 11 heteroatoms. The highest BCUT2D eigenvalue weighted by Gasteiger charge is 2.53. The van der Waals surface area contributed by atoms with Crippen molar-refractivity contribution in [2.75, 3.05) is 19.7 Å². The van der Waals surface area contributed by atoms with Gasteiger partial charge in [0.25, 0.3) is 11.8 Å². The average Bonchev–Trinajstić information content (AvgIpc) is 2.93. The fourth-order valence-electron chi connectivity index (χ4n) is 4.40. The number of carbonyl (C=O) groups is 5. The number of hydrogen-bond acceptors (Lipinski definition) is 8. The molecule has 1 unspecified atom stereocenters. The Kier molecular flexibility index (Phi) is 4.46. The van der Waals surface area contributed by atoms with Gasteiger partial charge in [-0.3, -0.25) is 34.3 Å². The molecule has 5 amide bonds. The third-order valence-corrected chi connectivity index (χ3v) is 5.93. The summed E-state index contributed by atoms with van der Waals surface area (Å²) in [4.78, 5) is 64.2. The summed E-state index contributed by atoms with van der Waals surface area (Å²) in [5, 5.41) is 2.17. The van der Waals surface area contributed by atoms with Crippen LogP contribution in [0.3, 0.4) is 0 Å². The predicted octanol–water partition coefficient (Wildman–Crippen LogP) is 0.849. The van der Waals surface area contributed by atoms with E-state index in [9.17, 15) is 24.0 Å². The lowest BCUT2D eigenvalue weighted by molar-refractivity contribution is -0.136. The first-order valence-electron chi connectivity index (χ1n) is 10.7. The molecule has 1 aromatic carbocycles. The van der Waals surface area contributed by atoms with Crippen LogP contribution < -0.4 is 14.8 Å². The van der Waals surface area contributed by atoms with Gasteiger partial charge in [0.15, 0.2) is 17.1 Å². The number of carbonyl (C=O) groups excluding carboxylic acids is 5. The van der Waals surface area contributed by atoms with E-state index in [1.807, 2.05) is 0 Å². The Morgan fingerprint density at radius 1 is 1.09 bits per heavy atom. The van der Waals surface area contributed by atoms with Gasteiger partial charge >= 0.3 is 6.09 Å². The number of fused-ring (bicyclic) bond motifs is 2. The second-order valence-corrected chi connectivity index (χ2v) is 9.70. The normalized spacial score (nSPS) is 23.3. The smallest absolute Gasteiger partial charge is 0.410 e. The fraction of sp³-hybridized carbons (Fsp3) is 0.500. The molecule has 1 atom stereocenters. The van der Waals surface area contributed by atoms with Crippen molar-refractivity contribution in [1.29, 1.82) is 0 Å². The number of hydrogen-bond donors (Lipinski definition) is 1. The number of nitrogens with zero attached hydrogens (tertiary/aromatic N) is 2. The lowest BCUT2D eigenvalue weighted by Crippen LogP contribution is -2.70. The standard InChI is InChI=1S/C22H23N3O8/c1-21(2,3)33-20(30)24-8-22(9-24)10-31-14-6-11-12(7-15(14)32-22)19(29)25(18(11)28)13-4-5-16(26)23-17(13)27/h6-7,13H,4-5,8-10H2,1-3H3,(H,23,26,27). The zero-order valence-corrected chi connectivity index (χ0v) is 18.4. The Labute approximate surface area is 188 Å². The molecule has 2 saturated heterocycles. The van der Waals surface area contributed by atoms with E-state index >= 15 is 0 Å². The van der Waals surface area contributed by atoms with Crippen LogP contribution in [0.2, 0.25) is 0 Å². The van der Waals surface area contributed by atoms with Crippen molar-refractivity contribution in [3.05, 3.63) is 23.3 Å². The number of likely N-dealkylation sites (tertiary alicyclic amines) is 1. The van der Waals surface area contributed by atoms with Crippen molar-refractivity contribution in [3.8, 4) is 11.5 Å². The lowest BCUT2D eigenvalue weighted by atomic mass is 9.94. The van der Waals surface area contributed by atoms with E-state index in [1.165, 1.54) is 17.0 Å². The topological polar surface area (TPSA) is 132 Å². The van der Waals surface area contributed by atoms with Crippen LogP contribution in [-0.2, 0) is 14.3 Å². The van der Waals surface area contributed by atoms with Gasteiger partial charge in [-0.05, 0) is 39.3 Å².